The Kier molecular flexibility index (Phi) is 7.06. The summed E-state index contributed by atoms with van der Waals surface area (Å²) in [5.74, 6) is -0.0870. The van der Waals surface area contributed by atoms with Crippen LogP contribution in [0.4, 0.5) is 5.69 Å². The molecule has 0 aliphatic heterocycles. The zero-order valence-electron chi connectivity index (χ0n) is 16.7. The maximum absolute atomic E-state index is 13.1. The first kappa shape index (κ1) is 20.3. The molecule has 1 aliphatic carbocycles. The number of carbonyl (C=O) groups is 2. The molecule has 0 spiro atoms. The highest BCUT2D eigenvalue weighted by Crippen LogP contribution is 2.30. The number of carbonyl (C=O) groups excluding carboxylic acids is 2. The van der Waals surface area contributed by atoms with Gasteiger partial charge in [0.25, 0.3) is 5.91 Å². The van der Waals surface area contributed by atoms with E-state index in [1.807, 2.05) is 50.1 Å². The summed E-state index contributed by atoms with van der Waals surface area (Å²) in [4.78, 5) is 30.0. The summed E-state index contributed by atoms with van der Waals surface area (Å²) in [6, 6.07) is 7.60. The van der Waals surface area contributed by atoms with Gasteiger partial charge in [0.05, 0.1) is 0 Å². The van der Waals surface area contributed by atoms with E-state index < -0.39 is 5.54 Å². The van der Waals surface area contributed by atoms with Crippen LogP contribution < -0.4 is 10.2 Å². The van der Waals surface area contributed by atoms with Crippen LogP contribution in [0.1, 0.15) is 63.2 Å². The molecule has 1 fully saturated rings. The van der Waals surface area contributed by atoms with E-state index in [-0.39, 0.29) is 11.8 Å². The molecule has 1 aliphatic rings. The largest absolute Gasteiger partial charge is 0.375 e. The zero-order valence-corrected chi connectivity index (χ0v) is 16.7. The second-order valence-corrected chi connectivity index (χ2v) is 7.14. The van der Waals surface area contributed by atoms with Crippen LogP contribution in [0.15, 0.2) is 24.3 Å². The summed E-state index contributed by atoms with van der Waals surface area (Å²) in [5.41, 5.74) is 0.937. The van der Waals surface area contributed by atoms with E-state index in [0.29, 0.717) is 18.7 Å². The van der Waals surface area contributed by atoms with Crippen molar-refractivity contribution in [2.75, 3.05) is 31.6 Å². The van der Waals surface area contributed by atoms with Crippen LogP contribution >= 0.6 is 0 Å². The third kappa shape index (κ3) is 4.37. The Balaban J connectivity index is 2.20. The first-order valence-electron chi connectivity index (χ1n) is 9.90. The highest BCUT2D eigenvalue weighted by molar-refractivity contribution is 5.99. The molecule has 0 atom stereocenters. The minimum absolute atomic E-state index is 0.0675. The van der Waals surface area contributed by atoms with Gasteiger partial charge in [0.2, 0.25) is 5.91 Å². The smallest absolute Gasteiger partial charge is 0.252 e. The van der Waals surface area contributed by atoms with Crippen molar-refractivity contribution in [2.45, 2.75) is 58.4 Å². The summed E-state index contributed by atoms with van der Waals surface area (Å²) in [6.07, 6.45) is 4.54. The molecule has 2 amide bonds. The average molecular weight is 360 g/mol. The summed E-state index contributed by atoms with van der Waals surface area (Å²) >= 11 is 0. The van der Waals surface area contributed by atoms with Crippen LogP contribution in [0.5, 0.6) is 0 Å². The lowest BCUT2D eigenvalue weighted by molar-refractivity contribution is -0.139. The monoisotopic (exact) mass is 359 g/mol. The highest BCUT2D eigenvalue weighted by Gasteiger charge is 2.42. The van der Waals surface area contributed by atoms with Crippen molar-refractivity contribution in [1.82, 2.24) is 10.2 Å². The third-order valence-electron chi connectivity index (χ3n) is 5.56. The number of hydrogen-bond donors (Lipinski definition) is 1. The molecule has 0 aromatic heterocycles. The van der Waals surface area contributed by atoms with E-state index in [1.165, 1.54) is 0 Å². The van der Waals surface area contributed by atoms with E-state index in [2.05, 4.69) is 17.1 Å². The van der Waals surface area contributed by atoms with Crippen LogP contribution in [-0.4, -0.2) is 48.9 Å². The number of likely N-dealkylation sites (N-methyl/N-ethyl adjacent to an activating group) is 1. The van der Waals surface area contributed by atoms with Gasteiger partial charge in [-0.05, 0) is 57.9 Å². The minimum atomic E-state index is -0.750. The van der Waals surface area contributed by atoms with E-state index in [4.69, 9.17) is 0 Å². The van der Waals surface area contributed by atoms with Gasteiger partial charge in [-0.1, -0.05) is 19.3 Å². The fourth-order valence-corrected chi connectivity index (χ4v) is 3.70. The molecular weight excluding hydrogens is 326 g/mol. The Labute approximate surface area is 157 Å². The van der Waals surface area contributed by atoms with Crippen molar-refractivity contribution in [3.8, 4) is 0 Å². The lowest BCUT2D eigenvalue weighted by Gasteiger charge is -2.40. The molecule has 26 heavy (non-hydrogen) atoms. The molecule has 0 unspecified atom stereocenters. The maximum Gasteiger partial charge on any atom is 0.252 e. The van der Waals surface area contributed by atoms with Crippen LogP contribution in [0.2, 0.25) is 0 Å². The third-order valence-corrected chi connectivity index (χ3v) is 5.56. The predicted molar refractivity (Wildman–Crippen MR) is 107 cm³/mol. The Hall–Kier alpha value is -2.04. The van der Waals surface area contributed by atoms with Crippen LogP contribution in [-0.2, 0) is 4.79 Å². The lowest BCUT2D eigenvalue weighted by atomic mass is 9.80. The first-order valence-corrected chi connectivity index (χ1v) is 9.90. The minimum Gasteiger partial charge on any atom is -0.375 e. The van der Waals surface area contributed by atoms with Crippen LogP contribution in [0.3, 0.4) is 0 Å². The van der Waals surface area contributed by atoms with Gasteiger partial charge in [-0.3, -0.25) is 9.59 Å². The molecule has 5 heteroatoms. The Morgan fingerprint density at radius 1 is 0.962 bits per heavy atom. The van der Waals surface area contributed by atoms with Gasteiger partial charge in [-0.2, -0.15) is 0 Å². The van der Waals surface area contributed by atoms with Gasteiger partial charge >= 0.3 is 0 Å². The average Bonchev–Trinajstić information content (AvgIpc) is 2.69. The first-order chi connectivity index (χ1) is 12.5. The molecule has 0 saturated heterocycles. The molecule has 1 aromatic carbocycles. The molecular formula is C21H33N3O2. The molecule has 1 aromatic rings. The van der Waals surface area contributed by atoms with Crippen molar-refractivity contribution >= 4 is 17.5 Å². The number of anilines is 1. The summed E-state index contributed by atoms with van der Waals surface area (Å²) < 4.78 is 0. The molecule has 5 nitrogen and oxygen atoms in total. The highest BCUT2D eigenvalue weighted by atomic mass is 16.2. The Morgan fingerprint density at radius 3 is 2.04 bits per heavy atom. The van der Waals surface area contributed by atoms with E-state index >= 15 is 0 Å². The predicted octanol–water partition coefficient (Wildman–Crippen LogP) is 3.44. The topological polar surface area (TPSA) is 52.7 Å². The number of rotatable bonds is 7. The van der Waals surface area contributed by atoms with Gasteiger partial charge in [0.15, 0.2) is 0 Å². The molecule has 0 heterocycles. The summed E-state index contributed by atoms with van der Waals surface area (Å²) in [7, 11) is 2.02. The van der Waals surface area contributed by atoms with Gasteiger partial charge in [0.1, 0.15) is 5.54 Å². The number of hydrogen-bond acceptors (Lipinski definition) is 3. The Morgan fingerprint density at radius 2 is 1.54 bits per heavy atom. The van der Waals surface area contributed by atoms with E-state index in [1.54, 1.807) is 0 Å². The van der Waals surface area contributed by atoms with E-state index in [0.717, 1.165) is 44.3 Å². The van der Waals surface area contributed by atoms with Gasteiger partial charge in [0, 0.05) is 37.9 Å². The number of amides is 2. The van der Waals surface area contributed by atoms with Crippen molar-refractivity contribution in [2.24, 2.45) is 0 Å². The van der Waals surface area contributed by atoms with Gasteiger partial charge in [-0.25, -0.2) is 0 Å². The summed E-state index contributed by atoms with van der Waals surface area (Å²) in [6.45, 7) is 8.32. The fourth-order valence-electron chi connectivity index (χ4n) is 3.70. The normalized spacial score (nSPS) is 16.0. The molecule has 2 rings (SSSR count). The second-order valence-electron chi connectivity index (χ2n) is 7.14. The van der Waals surface area contributed by atoms with Crippen LogP contribution in [0.25, 0.3) is 0 Å². The second kappa shape index (κ2) is 9.06. The molecule has 0 radical (unpaired) electrons. The van der Waals surface area contributed by atoms with Gasteiger partial charge < -0.3 is 15.1 Å². The molecule has 1 saturated carbocycles. The van der Waals surface area contributed by atoms with E-state index in [9.17, 15) is 9.59 Å². The van der Waals surface area contributed by atoms with Crippen molar-refractivity contribution in [1.29, 1.82) is 0 Å². The quantitative estimate of drug-likeness (QED) is 0.811. The van der Waals surface area contributed by atoms with Gasteiger partial charge in [-0.15, -0.1) is 0 Å². The van der Waals surface area contributed by atoms with Crippen molar-refractivity contribution in [3.05, 3.63) is 29.8 Å². The molecule has 0 bridgehead atoms. The SMILES string of the molecule is CCN(CC)C(=O)C1(NC(=O)c2ccc(N(C)CC)cc2)CCCCC1. The van der Waals surface area contributed by atoms with Crippen molar-refractivity contribution in [3.63, 3.8) is 0 Å². The molecule has 1 N–H and O–H groups in total. The number of benzene rings is 1. The van der Waals surface area contributed by atoms with Crippen molar-refractivity contribution < 1.29 is 9.59 Å². The molecule has 144 valence electrons. The lowest BCUT2D eigenvalue weighted by Crippen LogP contribution is -2.60. The maximum atomic E-state index is 13.1. The standard InChI is InChI=1S/C21H33N3O2/c1-5-23(4)18-13-11-17(12-14-18)19(25)22-21(15-9-8-10-16-21)20(26)24(6-2)7-3/h11-14H,5-10,15-16H2,1-4H3,(H,22,25). The fraction of sp³-hybridized carbons (Fsp3) is 0.619. The number of nitrogens with zero attached hydrogens (tertiary/aromatic N) is 2. The van der Waals surface area contributed by atoms with Crippen LogP contribution in [0, 0.1) is 0 Å². The zero-order chi connectivity index (χ0) is 19.2. The Bertz CT molecular complexity index is 602. The number of nitrogens with one attached hydrogen (secondary N) is 1. The summed E-state index contributed by atoms with van der Waals surface area (Å²) in [5, 5.41) is 3.12.